The summed E-state index contributed by atoms with van der Waals surface area (Å²) in [5.74, 6) is -2.79. The monoisotopic (exact) mass is 619 g/mol. The fourth-order valence-corrected chi connectivity index (χ4v) is 6.48. The third-order valence-corrected chi connectivity index (χ3v) is 8.42. The van der Waals surface area contributed by atoms with E-state index in [0.29, 0.717) is 11.1 Å². The molecule has 3 heterocycles. The van der Waals surface area contributed by atoms with Crippen LogP contribution in [0.3, 0.4) is 0 Å². The Kier molecular flexibility index (Phi) is 8.82. The first-order chi connectivity index (χ1) is 20.9. The molecule has 2 fully saturated rings. The summed E-state index contributed by atoms with van der Waals surface area (Å²) in [5.41, 5.74) is 1.38. The number of aliphatic carboxylic acids is 1. The molecule has 2 aromatic rings. The quantitative estimate of drug-likeness (QED) is 0.257. The van der Waals surface area contributed by atoms with E-state index in [0.717, 1.165) is 11.1 Å². The number of fused-ring (bicyclic) bond motifs is 1. The van der Waals surface area contributed by atoms with Gasteiger partial charge in [-0.25, -0.2) is 9.59 Å². The molecule has 0 radical (unpaired) electrons. The highest BCUT2D eigenvalue weighted by Crippen LogP contribution is 2.42. The number of carbonyl (C=O) groups excluding carboxylic acids is 4. The lowest BCUT2D eigenvalue weighted by atomic mass is 9.95. The summed E-state index contributed by atoms with van der Waals surface area (Å²) < 4.78 is 11.5. The minimum absolute atomic E-state index is 0.226. The van der Waals surface area contributed by atoms with Crippen molar-refractivity contribution in [3.05, 3.63) is 94.4 Å². The molecule has 0 saturated carbocycles. The van der Waals surface area contributed by atoms with Crippen molar-refractivity contribution in [1.82, 2.24) is 15.1 Å². The lowest BCUT2D eigenvalue weighted by Gasteiger charge is -2.51. The average molecular weight is 620 g/mol. The van der Waals surface area contributed by atoms with Crippen LogP contribution in [0.5, 0.6) is 0 Å². The number of carboxylic acids is 1. The molecule has 5 rings (SSSR count). The molecule has 12 heteroatoms. The van der Waals surface area contributed by atoms with Gasteiger partial charge in [0.05, 0.1) is 0 Å². The molecule has 0 unspecified atom stereocenters. The van der Waals surface area contributed by atoms with Crippen LogP contribution in [-0.2, 0) is 28.7 Å². The second-order valence-corrected chi connectivity index (χ2v) is 12.6. The van der Waals surface area contributed by atoms with Crippen molar-refractivity contribution in [2.75, 3.05) is 13.1 Å². The first-order valence-electron chi connectivity index (χ1n) is 14.1. The van der Waals surface area contributed by atoms with Crippen LogP contribution in [0.1, 0.15) is 44.4 Å². The normalized spacial score (nSPS) is 22.3. The highest BCUT2D eigenvalue weighted by molar-refractivity contribution is 8.03. The van der Waals surface area contributed by atoms with Crippen LogP contribution >= 0.6 is 11.8 Å². The van der Waals surface area contributed by atoms with Crippen molar-refractivity contribution in [2.45, 2.75) is 56.4 Å². The Morgan fingerprint density at radius 3 is 2.23 bits per heavy atom. The maximum atomic E-state index is 14.1. The van der Waals surface area contributed by atoms with Gasteiger partial charge in [0, 0.05) is 12.1 Å². The van der Waals surface area contributed by atoms with Crippen molar-refractivity contribution in [3.63, 3.8) is 0 Å². The predicted octanol–water partition coefficient (Wildman–Crippen LogP) is 3.62. The first kappa shape index (κ1) is 30.9. The number of alkyl carbamates (subject to hydrolysis) is 1. The van der Waals surface area contributed by atoms with Gasteiger partial charge in [-0.15, -0.1) is 11.8 Å². The van der Waals surface area contributed by atoms with Crippen molar-refractivity contribution in [2.24, 2.45) is 0 Å². The average Bonchev–Trinajstić information content (AvgIpc) is 3.31. The van der Waals surface area contributed by atoms with Gasteiger partial charge in [0.2, 0.25) is 11.8 Å². The SMILES string of the molecule is CC(C)(C)OC(=O)N[C@@H]1C(=O)N2[C@@H](C(=O)OC(c3ccccc3)c3ccccc3)C(/C=C3\CCN(CC(=O)O)C3=O)=CS[C@H]12. The standard InChI is InChI=1S/C32H33N3O8S/c1-32(2,3)43-31(41)33-24-28(39)35-25(22(18-44-29(24)35)16-21-14-15-34(27(21)38)17-23(36)37)30(40)42-26(19-10-6-4-7-11-19)20-12-8-5-9-13-20/h4-13,16,18,24-26,29H,14-15,17H2,1-3H3,(H,33,41)(H,36,37)/b21-16+/t24-,25-,29-/m1/s1. The molecule has 2 aromatic carbocycles. The molecule has 3 aliphatic heterocycles. The summed E-state index contributed by atoms with van der Waals surface area (Å²) >= 11 is 1.22. The number of hydrogen-bond donors (Lipinski definition) is 2. The summed E-state index contributed by atoms with van der Waals surface area (Å²) in [4.78, 5) is 66.8. The lowest BCUT2D eigenvalue weighted by molar-refractivity contribution is -0.164. The lowest BCUT2D eigenvalue weighted by Crippen LogP contribution is -2.74. The molecule has 44 heavy (non-hydrogen) atoms. The highest BCUT2D eigenvalue weighted by Gasteiger charge is 2.56. The molecule has 230 valence electrons. The zero-order chi connectivity index (χ0) is 31.6. The van der Waals surface area contributed by atoms with Crippen LogP contribution in [-0.4, -0.2) is 80.9 Å². The molecule has 2 N–H and O–H groups in total. The van der Waals surface area contributed by atoms with E-state index < -0.39 is 65.6 Å². The molecule has 0 spiro atoms. The van der Waals surface area contributed by atoms with E-state index in [9.17, 15) is 24.0 Å². The number of amides is 3. The minimum atomic E-state index is -1.21. The number of hydrogen-bond acceptors (Lipinski definition) is 8. The number of likely N-dealkylation sites (tertiary alicyclic amines) is 1. The summed E-state index contributed by atoms with van der Waals surface area (Å²) in [5, 5.41) is 12.8. The van der Waals surface area contributed by atoms with Crippen LogP contribution in [0.25, 0.3) is 0 Å². The van der Waals surface area contributed by atoms with E-state index in [2.05, 4.69) is 5.32 Å². The number of ether oxygens (including phenoxy) is 2. The molecule has 0 aliphatic carbocycles. The van der Waals surface area contributed by atoms with Crippen molar-refractivity contribution < 1.29 is 38.6 Å². The third kappa shape index (κ3) is 6.65. The number of thioether (sulfide) groups is 1. The van der Waals surface area contributed by atoms with Crippen LogP contribution < -0.4 is 5.32 Å². The number of carboxylic acid groups (broad SMARTS) is 1. The minimum Gasteiger partial charge on any atom is -0.480 e. The van der Waals surface area contributed by atoms with Gasteiger partial charge in [0.25, 0.3) is 0 Å². The van der Waals surface area contributed by atoms with Gasteiger partial charge in [0.1, 0.15) is 23.6 Å². The number of nitrogens with one attached hydrogen (secondary N) is 1. The Morgan fingerprint density at radius 2 is 1.66 bits per heavy atom. The van der Waals surface area contributed by atoms with Crippen LogP contribution in [0.4, 0.5) is 4.79 Å². The number of rotatable bonds is 8. The molecule has 3 aliphatic rings. The molecule has 2 saturated heterocycles. The number of esters is 1. The van der Waals surface area contributed by atoms with Gasteiger partial charge in [0.15, 0.2) is 12.1 Å². The summed E-state index contributed by atoms with van der Waals surface area (Å²) in [7, 11) is 0. The Balaban J connectivity index is 1.46. The molecule has 0 bridgehead atoms. The fraction of sp³-hybridized carbons (Fsp3) is 0.344. The van der Waals surface area contributed by atoms with Gasteiger partial charge in [-0.05, 0) is 55.4 Å². The first-order valence-corrected chi connectivity index (χ1v) is 15.1. The largest absolute Gasteiger partial charge is 0.480 e. The van der Waals surface area contributed by atoms with Crippen molar-refractivity contribution in [1.29, 1.82) is 0 Å². The van der Waals surface area contributed by atoms with Crippen LogP contribution in [0.2, 0.25) is 0 Å². The molecule has 3 atom stereocenters. The number of benzene rings is 2. The van der Waals surface area contributed by atoms with Gasteiger partial charge < -0.3 is 29.7 Å². The predicted molar refractivity (Wildman–Crippen MR) is 161 cm³/mol. The molecule has 0 aromatic heterocycles. The van der Waals surface area contributed by atoms with Gasteiger partial charge in [-0.3, -0.25) is 14.4 Å². The fourth-order valence-electron chi connectivity index (χ4n) is 5.29. The Bertz CT molecular complexity index is 1480. The topological polar surface area (TPSA) is 143 Å². The molecular weight excluding hydrogens is 586 g/mol. The van der Waals surface area contributed by atoms with Gasteiger partial charge >= 0.3 is 18.0 Å². The third-order valence-electron chi connectivity index (χ3n) is 7.23. The van der Waals surface area contributed by atoms with Crippen LogP contribution in [0.15, 0.2) is 83.3 Å². The highest BCUT2D eigenvalue weighted by atomic mass is 32.2. The van der Waals surface area contributed by atoms with Gasteiger partial charge in [-0.1, -0.05) is 60.7 Å². The molecule has 11 nitrogen and oxygen atoms in total. The van der Waals surface area contributed by atoms with Crippen molar-refractivity contribution in [3.8, 4) is 0 Å². The van der Waals surface area contributed by atoms with E-state index in [1.54, 1.807) is 32.3 Å². The summed E-state index contributed by atoms with van der Waals surface area (Å²) in [6.07, 6.45) is 0.294. The molecular formula is C32H33N3O8S. The van der Waals surface area contributed by atoms with E-state index in [-0.39, 0.29) is 13.0 Å². The zero-order valence-corrected chi connectivity index (χ0v) is 25.3. The van der Waals surface area contributed by atoms with E-state index >= 15 is 0 Å². The molecule has 3 amide bonds. The number of β-lactam (4-membered cyclic amide) rings is 1. The maximum absolute atomic E-state index is 14.1. The summed E-state index contributed by atoms with van der Waals surface area (Å²) in [6, 6.07) is 16.3. The Labute approximate surface area is 258 Å². The zero-order valence-electron chi connectivity index (χ0n) is 24.5. The maximum Gasteiger partial charge on any atom is 0.408 e. The second-order valence-electron chi connectivity index (χ2n) is 11.6. The smallest absolute Gasteiger partial charge is 0.408 e. The number of nitrogens with zero attached hydrogens (tertiary/aromatic N) is 2. The number of carbonyl (C=O) groups is 5. The van der Waals surface area contributed by atoms with E-state index in [4.69, 9.17) is 14.6 Å². The van der Waals surface area contributed by atoms with E-state index in [1.807, 2.05) is 60.7 Å². The van der Waals surface area contributed by atoms with Crippen molar-refractivity contribution >= 4 is 41.6 Å². The summed E-state index contributed by atoms with van der Waals surface area (Å²) in [6.45, 7) is 4.93. The van der Waals surface area contributed by atoms with E-state index in [1.165, 1.54) is 21.6 Å². The second kappa shape index (κ2) is 12.6. The Morgan fingerprint density at radius 1 is 1.05 bits per heavy atom. The van der Waals surface area contributed by atoms with Gasteiger partial charge in [-0.2, -0.15) is 0 Å². The Hall–Kier alpha value is -4.58. The van der Waals surface area contributed by atoms with Crippen LogP contribution in [0, 0.1) is 0 Å².